The van der Waals surface area contributed by atoms with Gasteiger partial charge in [-0.2, -0.15) is 0 Å². The van der Waals surface area contributed by atoms with Crippen LogP contribution in [-0.4, -0.2) is 33.4 Å². The Hall–Kier alpha value is 0.0869. The van der Waals surface area contributed by atoms with Crippen LogP contribution >= 0.6 is 27.3 Å². The first-order valence-corrected chi connectivity index (χ1v) is 9.57. The van der Waals surface area contributed by atoms with E-state index >= 15 is 0 Å². The molecular formula is C13H23BrN2OSSi. The van der Waals surface area contributed by atoms with Gasteiger partial charge in [-0.25, -0.2) is 4.98 Å². The van der Waals surface area contributed by atoms with Crippen LogP contribution in [-0.2, 0) is 4.43 Å². The molecule has 19 heavy (non-hydrogen) atoms. The number of nitrogens with zero attached hydrogens (tertiary/aromatic N) is 2. The first-order valence-electron chi connectivity index (χ1n) is 6.68. The number of hydrogen-bond donors (Lipinski definition) is 0. The Morgan fingerprint density at radius 1 is 1.37 bits per heavy atom. The van der Waals surface area contributed by atoms with E-state index in [2.05, 4.69) is 60.4 Å². The van der Waals surface area contributed by atoms with Crippen LogP contribution < -0.4 is 4.90 Å². The lowest BCUT2D eigenvalue weighted by molar-refractivity contribution is 0.0291. The Bertz CT molecular complexity index is 438. The topological polar surface area (TPSA) is 25.4 Å². The predicted molar refractivity (Wildman–Crippen MR) is 88.9 cm³/mol. The molecule has 0 spiro atoms. The second-order valence-electron chi connectivity index (χ2n) is 7.00. The van der Waals surface area contributed by atoms with Crippen LogP contribution in [0.4, 0.5) is 5.13 Å². The summed E-state index contributed by atoms with van der Waals surface area (Å²) in [5.41, 5.74) is 0.00446. The quantitative estimate of drug-likeness (QED) is 0.767. The van der Waals surface area contributed by atoms with Gasteiger partial charge in [-0.1, -0.05) is 32.1 Å². The molecule has 6 heteroatoms. The summed E-state index contributed by atoms with van der Waals surface area (Å²) >= 11 is 5.17. The fraction of sp³-hybridized carbons (Fsp3) is 0.769. The first-order chi connectivity index (χ1) is 8.67. The summed E-state index contributed by atoms with van der Waals surface area (Å²) in [7, 11) is -0.487. The molecule has 0 atom stereocenters. The molecule has 3 nitrogen and oxygen atoms in total. The monoisotopic (exact) mass is 362 g/mol. The fourth-order valence-electron chi connectivity index (χ4n) is 1.99. The molecule has 1 aromatic heterocycles. The van der Waals surface area contributed by atoms with Crippen LogP contribution in [0.1, 0.15) is 34.6 Å². The van der Waals surface area contributed by atoms with Gasteiger partial charge in [0.15, 0.2) is 14.9 Å². The lowest BCUT2D eigenvalue weighted by Crippen LogP contribution is -2.57. The minimum atomic E-state index is -0.487. The van der Waals surface area contributed by atoms with Crippen molar-refractivity contribution in [2.75, 3.05) is 18.0 Å². The predicted octanol–water partition coefficient (Wildman–Crippen LogP) is 3.44. The van der Waals surface area contributed by atoms with Crippen LogP contribution in [0, 0.1) is 5.92 Å². The highest BCUT2D eigenvalue weighted by Crippen LogP contribution is 2.37. The van der Waals surface area contributed by atoms with Crippen molar-refractivity contribution >= 4 is 42.2 Å². The Morgan fingerprint density at radius 2 is 2.00 bits per heavy atom. The molecular weight excluding hydrogens is 340 g/mol. The highest BCUT2D eigenvalue weighted by Gasteiger charge is 2.40. The van der Waals surface area contributed by atoms with Gasteiger partial charge in [-0.3, -0.25) is 0 Å². The molecule has 0 saturated carbocycles. The molecule has 2 rings (SSSR count). The summed E-state index contributed by atoms with van der Waals surface area (Å²) < 4.78 is 7.37. The number of thiazole rings is 1. The third-order valence-electron chi connectivity index (χ3n) is 3.48. The fourth-order valence-corrected chi connectivity index (χ4v) is 4.23. The Balaban J connectivity index is 1.85. The maximum Gasteiger partial charge on any atom is 0.186 e. The standard InChI is InChI=1S/C13H23BrN2OSSi/c1-12(2,3)19-17-13(4,5)9-7-16(8-9)11-15-6-10(14)18-11/h6,9H,7-8,19H2,1-5H3. The van der Waals surface area contributed by atoms with Crippen molar-refractivity contribution in [2.45, 2.75) is 45.3 Å². The lowest BCUT2D eigenvalue weighted by Gasteiger charge is -2.48. The van der Waals surface area contributed by atoms with Crippen molar-refractivity contribution in [2.24, 2.45) is 5.92 Å². The van der Waals surface area contributed by atoms with E-state index in [1.807, 2.05) is 6.20 Å². The normalized spacial score (nSPS) is 18.3. The van der Waals surface area contributed by atoms with Gasteiger partial charge in [-0.15, -0.1) is 0 Å². The SMILES string of the molecule is CC(C)(C)[SiH2]OC(C)(C)C1CN(c2ncc(Br)s2)C1. The van der Waals surface area contributed by atoms with Gasteiger partial charge in [0, 0.05) is 19.0 Å². The highest BCUT2D eigenvalue weighted by molar-refractivity contribution is 9.11. The number of aromatic nitrogens is 1. The van der Waals surface area contributed by atoms with Gasteiger partial charge in [-0.05, 0) is 34.8 Å². The minimum Gasteiger partial charge on any atom is -0.418 e. The molecule has 0 aliphatic carbocycles. The van der Waals surface area contributed by atoms with Crippen molar-refractivity contribution < 1.29 is 4.43 Å². The van der Waals surface area contributed by atoms with E-state index in [1.165, 1.54) is 0 Å². The molecule has 1 aliphatic rings. The Labute approximate surface area is 130 Å². The third kappa shape index (κ3) is 4.03. The van der Waals surface area contributed by atoms with Crippen molar-refractivity contribution in [3.05, 3.63) is 9.98 Å². The summed E-state index contributed by atoms with van der Waals surface area (Å²) in [5.74, 6) is 0.616. The largest absolute Gasteiger partial charge is 0.418 e. The minimum absolute atomic E-state index is 0.00446. The first kappa shape index (κ1) is 15.5. The molecule has 0 amide bonds. The molecule has 2 heterocycles. The van der Waals surface area contributed by atoms with Gasteiger partial charge in [0.1, 0.15) is 0 Å². The summed E-state index contributed by atoms with van der Waals surface area (Å²) in [6.07, 6.45) is 1.88. The van der Waals surface area contributed by atoms with E-state index in [4.69, 9.17) is 4.43 Å². The zero-order chi connectivity index (χ0) is 14.3. The molecule has 1 aromatic rings. The summed E-state index contributed by atoms with van der Waals surface area (Å²) in [4.78, 5) is 6.74. The van der Waals surface area contributed by atoms with E-state index in [9.17, 15) is 0 Å². The molecule has 1 fully saturated rings. The molecule has 108 valence electrons. The highest BCUT2D eigenvalue weighted by atomic mass is 79.9. The number of halogens is 1. The van der Waals surface area contributed by atoms with Gasteiger partial charge >= 0.3 is 0 Å². The molecule has 0 aromatic carbocycles. The molecule has 0 unspecified atom stereocenters. The van der Waals surface area contributed by atoms with Crippen LogP contribution in [0.5, 0.6) is 0 Å². The van der Waals surface area contributed by atoms with Crippen molar-refractivity contribution in [3.63, 3.8) is 0 Å². The number of anilines is 1. The average Bonchev–Trinajstić information content (AvgIpc) is 2.58. The van der Waals surface area contributed by atoms with E-state index in [-0.39, 0.29) is 5.60 Å². The molecule has 1 aliphatic heterocycles. The zero-order valence-corrected chi connectivity index (χ0v) is 16.2. The van der Waals surface area contributed by atoms with E-state index in [1.54, 1.807) is 11.3 Å². The van der Waals surface area contributed by atoms with Crippen LogP contribution in [0.2, 0.25) is 5.04 Å². The number of rotatable bonds is 4. The van der Waals surface area contributed by atoms with Gasteiger partial charge in [0.25, 0.3) is 0 Å². The average molecular weight is 363 g/mol. The lowest BCUT2D eigenvalue weighted by atomic mass is 9.85. The van der Waals surface area contributed by atoms with E-state index in [0.29, 0.717) is 11.0 Å². The van der Waals surface area contributed by atoms with Crippen LogP contribution in [0.25, 0.3) is 0 Å². The van der Waals surface area contributed by atoms with E-state index < -0.39 is 9.76 Å². The number of hydrogen-bond acceptors (Lipinski definition) is 4. The van der Waals surface area contributed by atoms with Crippen molar-refractivity contribution in [3.8, 4) is 0 Å². The van der Waals surface area contributed by atoms with Crippen LogP contribution in [0.3, 0.4) is 0 Å². The third-order valence-corrected chi connectivity index (χ3v) is 6.77. The maximum atomic E-state index is 6.27. The zero-order valence-electron chi connectivity index (χ0n) is 12.4. The van der Waals surface area contributed by atoms with Crippen LogP contribution in [0.15, 0.2) is 9.98 Å². The van der Waals surface area contributed by atoms with E-state index in [0.717, 1.165) is 22.0 Å². The van der Waals surface area contributed by atoms with Gasteiger partial charge in [0.2, 0.25) is 0 Å². The van der Waals surface area contributed by atoms with Crippen molar-refractivity contribution in [1.29, 1.82) is 0 Å². The summed E-state index contributed by atoms with van der Waals surface area (Å²) in [5, 5.41) is 1.48. The summed E-state index contributed by atoms with van der Waals surface area (Å²) in [6.45, 7) is 13.4. The molecule has 0 radical (unpaired) electrons. The molecule has 0 N–H and O–H groups in total. The molecule has 0 bridgehead atoms. The second-order valence-corrected chi connectivity index (χ2v) is 12.1. The smallest absolute Gasteiger partial charge is 0.186 e. The van der Waals surface area contributed by atoms with Gasteiger partial charge < -0.3 is 9.33 Å². The Kier molecular flexibility index (Phi) is 4.45. The van der Waals surface area contributed by atoms with Crippen molar-refractivity contribution in [1.82, 2.24) is 4.98 Å². The Morgan fingerprint density at radius 3 is 2.47 bits per heavy atom. The maximum absolute atomic E-state index is 6.27. The summed E-state index contributed by atoms with van der Waals surface area (Å²) in [6, 6.07) is 0. The second kappa shape index (κ2) is 5.46. The molecule has 1 saturated heterocycles. The van der Waals surface area contributed by atoms with Gasteiger partial charge in [0.05, 0.1) is 15.6 Å².